The van der Waals surface area contributed by atoms with Gasteiger partial charge in [0, 0.05) is 11.8 Å². The van der Waals surface area contributed by atoms with Crippen LogP contribution < -0.4 is 10.6 Å². The van der Waals surface area contributed by atoms with Gasteiger partial charge in [-0.15, -0.1) is 6.42 Å². The van der Waals surface area contributed by atoms with Gasteiger partial charge in [-0.2, -0.15) is 5.10 Å². The minimum Gasteiger partial charge on any atom is -0.322 e. The normalized spacial score (nSPS) is 13.0. The van der Waals surface area contributed by atoms with Crippen molar-refractivity contribution in [3.8, 4) is 12.3 Å². The van der Waals surface area contributed by atoms with Crippen LogP contribution in [0.2, 0.25) is 0 Å². The minimum atomic E-state index is -0.662. The number of rotatable bonds is 5. The average molecular weight is 310 g/mol. The van der Waals surface area contributed by atoms with E-state index in [4.69, 9.17) is 6.42 Å². The molecule has 0 bridgehead atoms. The number of nitrogens with zero attached hydrogens (tertiary/aromatic N) is 2. The van der Waals surface area contributed by atoms with E-state index in [0.29, 0.717) is 18.8 Å². The Labute approximate surface area is 137 Å². The maximum atomic E-state index is 12.1. The first-order chi connectivity index (χ1) is 11.0. The summed E-state index contributed by atoms with van der Waals surface area (Å²) < 4.78 is 1.81. The van der Waals surface area contributed by atoms with Crippen LogP contribution in [0, 0.1) is 19.3 Å². The Morgan fingerprint density at radius 2 is 2.09 bits per heavy atom. The summed E-state index contributed by atoms with van der Waals surface area (Å²) in [6, 6.07) is 9.69. The topological polar surface area (TPSA) is 59.0 Å². The smallest absolute Gasteiger partial charge is 0.321 e. The largest absolute Gasteiger partial charge is 0.322 e. The highest BCUT2D eigenvalue weighted by Gasteiger charge is 2.21. The molecule has 5 nitrogen and oxygen atoms in total. The van der Waals surface area contributed by atoms with E-state index in [1.807, 2.05) is 57.3 Å². The summed E-state index contributed by atoms with van der Waals surface area (Å²) in [5.41, 5.74) is 1.39. The average Bonchev–Trinajstić information content (AvgIpc) is 2.87. The first kappa shape index (κ1) is 16.6. The minimum absolute atomic E-state index is 0.347. The molecule has 0 fully saturated rings. The second kappa shape index (κ2) is 7.01. The van der Waals surface area contributed by atoms with Gasteiger partial charge in [0.2, 0.25) is 0 Å². The van der Waals surface area contributed by atoms with Crippen molar-refractivity contribution in [2.45, 2.75) is 39.3 Å². The second-order valence-electron chi connectivity index (χ2n) is 5.75. The first-order valence-electron chi connectivity index (χ1n) is 7.60. The maximum absolute atomic E-state index is 12.1. The van der Waals surface area contributed by atoms with Crippen LogP contribution in [-0.2, 0) is 6.54 Å². The summed E-state index contributed by atoms with van der Waals surface area (Å²) in [5, 5.41) is 9.97. The summed E-state index contributed by atoms with van der Waals surface area (Å²) in [4.78, 5) is 12.1. The third-order valence-electron chi connectivity index (χ3n) is 3.78. The van der Waals surface area contributed by atoms with Crippen LogP contribution in [0.15, 0.2) is 36.5 Å². The standard InChI is InChI=1S/C18H22N4O/c1-5-18(4,6-2)20-17(23)19-16-14(3)12-22(21-16)13-15-10-8-7-9-11-15/h1,7-12H,6,13H2,2-4H3,(H2,19,20,21,23). The van der Waals surface area contributed by atoms with Gasteiger partial charge in [-0.25, -0.2) is 4.79 Å². The quantitative estimate of drug-likeness (QED) is 0.833. The van der Waals surface area contributed by atoms with Crippen molar-refractivity contribution < 1.29 is 4.79 Å². The third kappa shape index (κ3) is 4.36. The number of hydrogen-bond acceptors (Lipinski definition) is 2. The van der Waals surface area contributed by atoms with Crippen LogP contribution in [0.4, 0.5) is 10.6 Å². The molecule has 0 spiro atoms. The number of hydrogen-bond donors (Lipinski definition) is 2. The molecule has 5 heteroatoms. The fourth-order valence-corrected chi connectivity index (χ4v) is 2.11. The Bertz CT molecular complexity index is 714. The van der Waals surface area contributed by atoms with E-state index in [1.165, 1.54) is 0 Å². The Kier molecular flexibility index (Phi) is 5.07. The van der Waals surface area contributed by atoms with E-state index < -0.39 is 5.54 Å². The number of urea groups is 1. The molecule has 2 amide bonds. The van der Waals surface area contributed by atoms with Gasteiger partial charge in [0.1, 0.15) is 0 Å². The molecule has 0 aliphatic carbocycles. The van der Waals surface area contributed by atoms with Gasteiger partial charge in [0.05, 0.1) is 12.1 Å². The molecule has 2 rings (SSSR count). The van der Waals surface area contributed by atoms with Crippen LogP contribution >= 0.6 is 0 Å². The molecule has 23 heavy (non-hydrogen) atoms. The lowest BCUT2D eigenvalue weighted by Gasteiger charge is -2.23. The lowest BCUT2D eigenvalue weighted by atomic mass is 10.0. The van der Waals surface area contributed by atoms with Crippen LogP contribution in [-0.4, -0.2) is 21.4 Å². The van der Waals surface area contributed by atoms with Crippen molar-refractivity contribution in [1.82, 2.24) is 15.1 Å². The number of terminal acetylenes is 1. The van der Waals surface area contributed by atoms with E-state index in [1.54, 1.807) is 4.68 Å². The van der Waals surface area contributed by atoms with Crippen molar-refractivity contribution in [3.63, 3.8) is 0 Å². The zero-order valence-electron chi connectivity index (χ0n) is 13.8. The number of carbonyl (C=O) groups is 1. The molecule has 0 saturated carbocycles. The summed E-state index contributed by atoms with van der Waals surface area (Å²) in [6.45, 7) is 6.31. The van der Waals surface area contributed by atoms with Crippen LogP contribution in [0.25, 0.3) is 0 Å². The van der Waals surface area contributed by atoms with E-state index in [0.717, 1.165) is 11.1 Å². The van der Waals surface area contributed by atoms with Gasteiger partial charge in [0.15, 0.2) is 5.82 Å². The highest BCUT2D eigenvalue weighted by molar-refractivity contribution is 5.89. The molecular weight excluding hydrogens is 288 g/mol. The first-order valence-corrected chi connectivity index (χ1v) is 7.60. The molecule has 120 valence electrons. The molecule has 1 heterocycles. The Morgan fingerprint density at radius 3 is 2.70 bits per heavy atom. The second-order valence-corrected chi connectivity index (χ2v) is 5.75. The number of aromatic nitrogens is 2. The summed E-state index contributed by atoms with van der Waals surface area (Å²) >= 11 is 0. The van der Waals surface area contributed by atoms with E-state index in [2.05, 4.69) is 21.7 Å². The highest BCUT2D eigenvalue weighted by atomic mass is 16.2. The van der Waals surface area contributed by atoms with Gasteiger partial charge < -0.3 is 5.32 Å². The van der Waals surface area contributed by atoms with Crippen LogP contribution in [0.1, 0.15) is 31.4 Å². The van der Waals surface area contributed by atoms with E-state index in [-0.39, 0.29) is 6.03 Å². The number of amides is 2. The van der Waals surface area contributed by atoms with Gasteiger partial charge in [0.25, 0.3) is 0 Å². The zero-order valence-corrected chi connectivity index (χ0v) is 13.8. The molecular formula is C18H22N4O. The zero-order chi connectivity index (χ0) is 16.9. The van der Waals surface area contributed by atoms with E-state index >= 15 is 0 Å². The number of benzene rings is 1. The van der Waals surface area contributed by atoms with Crippen molar-refractivity contribution in [1.29, 1.82) is 0 Å². The highest BCUT2D eigenvalue weighted by Crippen LogP contribution is 2.14. The Balaban J connectivity index is 2.04. The Morgan fingerprint density at radius 1 is 1.39 bits per heavy atom. The van der Waals surface area contributed by atoms with Crippen LogP contribution in [0.3, 0.4) is 0 Å². The maximum Gasteiger partial charge on any atom is 0.321 e. The number of carbonyl (C=O) groups excluding carboxylic acids is 1. The third-order valence-corrected chi connectivity index (χ3v) is 3.78. The molecule has 1 unspecified atom stereocenters. The molecule has 1 aromatic heterocycles. The fourth-order valence-electron chi connectivity index (χ4n) is 2.11. The summed E-state index contributed by atoms with van der Waals surface area (Å²) in [5.74, 6) is 3.14. The summed E-state index contributed by atoms with van der Waals surface area (Å²) in [6.07, 6.45) is 8.02. The van der Waals surface area contributed by atoms with E-state index in [9.17, 15) is 4.79 Å². The Hall–Kier alpha value is -2.74. The monoisotopic (exact) mass is 310 g/mol. The van der Waals surface area contributed by atoms with Crippen LogP contribution in [0.5, 0.6) is 0 Å². The predicted octanol–water partition coefficient (Wildman–Crippen LogP) is 3.16. The lowest BCUT2D eigenvalue weighted by molar-refractivity contribution is 0.245. The molecule has 1 aromatic carbocycles. The molecule has 1 atom stereocenters. The van der Waals surface area contributed by atoms with Crippen molar-refractivity contribution >= 4 is 11.8 Å². The van der Waals surface area contributed by atoms with Gasteiger partial charge in [-0.1, -0.05) is 43.2 Å². The number of nitrogens with one attached hydrogen (secondary N) is 2. The van der Waals surface area contributed by atoms with Gasteiger partial charge >= 0.3 is 6.03 Å². The molecule has 0 saturated heterocycles. The predicted molar refractivity (Wildman–Crippen MR) is 92.2 cm³/mol. The number of anilines is 1. The molecule has 0 radical (unpaired) electrons. The van der Waals surface area contributed by atoms with Crippen molar-refractivity contribution in [2.24, 2.45) is 0 Å². The molecule has 2 N–H and O–H groups in total. The van der Waals surface area contributed by atoms with Crippen molar-refractivity contribution in [3.05, 3.63) is 47.7 Å². The molecule has 0 aliphatic rings. The molecule has 0 aliphatic heterocycles. The SMILES string of the molecule is C#CC(C)(CC)NC(=O)Nc1nn(Cc2ccccc2)cc1C. The fraction of sp³-hybridized carbons (Fsp3) is 0.333. The van der Waals surface area contributed by atoms with Crippen molar-refractivity contribution in [2.75, 3.05) is 5.32 Å². The molecule has 2 aromatic rings. The number of aryl methyl sites for hydroxylation is 1. The lowest BCUT2D eigenvalue weighted by Crippen LogP contribution is -2.46. The van der Waals surface area contributed by atoms with Gasteiger partial charge in [-0.05, 0) is 25.8 Å². The van der Waals surface area contributed by atoms with Gasteiger partial charge in [-0.3, -0.25) is 10.00 Å². The summed E-state index contributed by atoms with van der Waals surface area (Å²) in [7, 11) is 0.